The first-order valence-electron chi connectivity index (χ1n) is 5.25. The lowest BCUT2D eigenvalue weighted by atomic mass is 9.85. The molecule has 0 radical (unpaired) electrons. The van der Waals surface area contributed by atoms with Crippen molar-refractivity contribution >= 4 is 21.8 Å². The van der Waals surface area contributed by atoms with Crippen LogP contribution in [0.4, 0.5) is 0 Å². The number of amides is 1. The summed E-state index contributed by atoms with van der Waals surface area (Å²) in [6, 6.07) is 0.490. The van der Waals surface area contributed by atoms with Gasteiger partial charge in [-0.25, -0.2) is 0 Å². The maximum absolute atomic E-state index is 11.6. The van der Waals surface area contributed by atoms with Crippen molar-refractivity contribution in [2.45, 2.75) is 38.1 Å². The third-order valence-corrected chi connectivity index (χ3v) is 3.62. The van der Waals surface area contributed by atoms with E-state index in [2.05, 4.69) is 26.7 Å². The van der Waals surface area contributed by atoms with Crippen molar-refractivity contribution in [2.75, 3.05) is 6.54 Å². The molecule has 1 heterocycles. The SMILES string of the molecule is O=C(C#CBr)N1CC[C@@H]2CCCC[C@@H]21. The van der Waals surface area contributed by atoms with Crippen molar-refractivity contribution in [1.29, 1.82) is 0 Å². The fraction of sp³-hybridized carbons (Fsp3) is 0.727. The molecule has 14 heavy (non-hydrogen) atoms. The molecule has 0 aromatic carbocycles. The lowest BCUT2D eigenvalue weighted by Crippen LogP contribution is -2.38. The van der Waals surface area contributed by atoms with E-state index in [-0.39, 0.29) is 5.91 Å². The first-order valence-corrected chi connectivity index (χ1v) is 6.04. The van der Waals surface area contributed by atoms with Gasteiger partial charge >= 0.3 is 0 Å². The van der Waals surface area contributed by atoms with E-state index < -0.39 is 0 Å². The molecule has 0 N–H and O–H groups in total. The highest BCUT2D eigenvalue weighted by molar-refractivity contribution is 9.12. The number of fused-ring (bicyclic) bond motifs is 1. The highest BCUT2D eigenvalue weighted by atomic mass is 79.9. The molecule has 1 saturated heterocycles. The number of halogens is 1. The van der Waals surface area contributed by atoms with Crippen molar-refractivity contribution < 1.29 is 4.79 Å². The van der Waals surface area contributed by atoms with Crippen LogP contribution in [0.5, 0.6) is 0 Å². The van der Waals surface area contributed by atoms with Gasteiger partial charge in [-0.1, -0.05) is 12.8 Å². The Morgan fingerprint density at radius 3 is 2.86 bits per heavy atom. The Morgan fingerprint density at radius 2 is 2.07 bits per heavy atom. The first kappa shape index (κ1) is 10.0. The third kappa shape index (κ3) is 1.81. The molecule has 0 bridgehead atoms. The Kier molecular flexibility index (Phi) is 3.12. The molecule has 2 fully saturated rings. The number of rotatable bonds is 0. The monoisotopic (exact) mass is 255 g/mol. The predicted molar refractivity (Wildman–Crippen MR) is 58.8 cm³/mol. The van der Waals surface area contributed by atoms with Crippen LogP contribution in [0.2, 0.25) is 0 Å². The van der Waals surface area contributed by atoms with Gasteiger partial charge in [-0.05, 0) is 30.0 Å². The van der Waals surface area contributed by atoms with Crippen LogP contribution in [0.25, 0.3) is 0 Å². The normalized spacial score (nSPS) is 30.5. The minimum Gasteiger partial charge on any atom is -0.329 e. The molecule has 2 atom stereocenters. The van der Waals surface area contributed by atoms with Gasteiger partial charge in [-0.3, -0.25) is 4.79 Å². The fourth-order valence-electron chi connectivity index (χ4n) is 2.77. The van der Waals surface area contributed by atoms with E-state index in [1.165, 1.54) is 32.1 Å². The molecule has 0 aromatic heterocycles. The van der Waals surface area contributed by atoms with E-state index in [1.807, 2.05) is 4.90 Å². The Labute approximate surface area is 93.2 Å². The molecule has 2 aliphatic rings. The van der Waals surface area contributed by atoms with Gasteiger partial charge in [0.1, 0.15) is 0 Å². The van der Waals surface area contributed by atoms with Crippen molar-refractivity contribution in [3.8, 4) is 10.8 Å². The minimum absolute atomic E-state index is 0.00345. The van der Waals surface area contributed by atoms with Crippen LogP contribution in [0.1, 0.15) is 32.1 Å². The van der Waals surface area contributed by atoms with Crippen LogP contribution in [0, 0.1) is 16.7 Å². The zero-order chi connectivity index (χ0) is 9.97. The molecular weight excluding hydrogens is 242 g/mol. The van der Waals surface area contributed by atoms with Crippen LogP contribution < -0.4 is 0 Å². The van der Waals surface area contributed by atoms with Crippen LogP contribution in [-0.4, -0.2) is 23.4 Å². The van der Waals surface area contributed by atoms with E-state index in [0.717, 1.165) is 12.5 Å². The molecule has 0 spiro atoms. The average molecular weight is 256 g/mol. The Hall–Kier alpha value is -0.490. The summed E-state index contributed by atoms with van der Waals surface area (Å²) in [4.78, 5) is 16.1. The van der Waals surface area contributed by atoms with Gasteiger partial charge in [-0.2, -0.15) is 0 Å². The molecule has 2 nitrogen and oxygen atoms in total. The van der Waals surface area contributed by atoms with Crippen molar-refractivity contribution in [3.05, 3.63) is 0 Å². The number of hydrogen-bond acceptors (Lipinski definition) is 1. The Morgan fingerprint density at radius 1 is 1.29 bits per heavy atom. The molecule has 0 aromatic rings. The standard InChI is InChI=1S/C11H14BrNO/c12-7-5-11(14)13-8-6-9-3-1-2-4-10(9)13/h9-10H,1-4,6,8H2/t9-,10-/m0/s1. The zero-order valence-corrected chi connectivity index (χ0v) is 9.72. The number of hydrogen-bond donors (Lipinski definition) is 0. The van der Waals surface area contributed by atoms with Gasteiger partial charge in [0.2, 0.25) is 0 Å². The maximum Gasteiger partial charge on any atom is 0.299 e. The van der Waals surface area contributed by atoms with Crippen molar-refractivity contribution in [2.24, 2.45) is 5.92 Å². The van der Waals surface area contributed by atoms with E-state index in [9.17, 15) is 4.79 Å². The minimum atomic E-state index is -0.00345. The van der Waals surface area contributed by atoms with Gasteiger partial charge in [0.25, 0.3) is 5.91 Å². The van der Waals surface area contributed by atoms with Gasteiger partial charge < -0.3 is 4.90 Å². The summed E-state index contributed by atoms with van der Waals surface area (Å²) in [7, 11) is 0. The summed E-state index contributed by atoms with van der Waals surface area (Å²) >= 11 is 2.98. The van der Waals surface area contributed by atoms with Crippen LogP contribution >= 0.6 is 15.9 Å². The van der Waals surface area contributed by atoms with Gasteiger partial charge in [0.05, 0.1) is 0 Å². The smallest absolute Gasteiger partial charge is 0.299 e. The highest BCUT2D eigenvalue weighted by Crippen LogP contribution is 2.35. The van der Waals surface area contributed by atoms with Crippen molar-refractivity contribution in [1.82, 2.24) is 4.90 Å². The fourth-order valence-corrected chi connectivity index (χ4v) is 2.94. The second kappa shape index (κ2) is 4.35. The number of carbonyl (C=O) groups is 1. The Balaban J connectivity index is 2.06. The van der Waals surface area contributed by atoms with E-state index in [1.54, 1.807) is 0 Å². The molecule has 1 aliphatic heterocycles. The number of nitrogens with zero attached hydrogens (tertiary/aromatic N) is 1. The quantitative estimate of drug-likeness (QED) is 0.608. The number of likely N-dealkylation sites (tertiary alicyclic amines) is 1. The predicted octanol–water partition coefficient (Wildman–Crippen LogP) is 2.13. The van der Waals surface area contributed by atoms with Gasteiger partial charge in [0, 0.05) is 34.4 Å². The molecule has 0 unspecified atom stereocenters. The second-order valence-electron chi connectivity index (χ2n) is 4.12. The molecule has 1 amide bonds. The van der Waals surface area contributed by atoms with Crippen LogP contribution in [0.15, 0.2) is 0 Å². The summed E-state index contributed by atoms with van der Waals surface area (Å²) in [6.45, 7) is 0.913. The summed E-state index contributed by atoms with van der Waals surface area (Å²) in [5.74, 6) is 3.33. The lowest BCUT2D eigenvalue weighted by molar-refractivity contribution is -0.126. The summed E-state index contributed by atoms with van der Waals surface area (Å²) in [6.07, 6.45) is 6.27. The first-order chi connectivity index (χ1) is 6.83. The van der Waals surface area contributed by atoms with Crippen LogP contribution in [0.3, 0.4) is 0 Å². The van der Waals surface area contributed by atoms with Crippen molar-refractivity contribution in [3.63, 3.8) is 0 Å². The molecular formula is C11H14BrNO. The number of carbonyl (C=O) groups excluding carboxylic acids is 1. The molecule has 76 valence electrons. The lowest BCUT2D eigenvalue weighted by Gasteiger charge is -2.30. The van der Waals surface area contributed by atoms with E-state index in [0.29, 0.717) is 6.04 Å². The molecule has 3 heteroatoms. The van der Waals surface area contributed by atoms with Gasteiger partial charge in [-0.15, -0.1) is 0 Å². The summed E-state index contributed by atoms with van der Waals surface area (Å²) in [5.41, 5.74) is 0. The molecule has 1 aliphatic carbocycles. The molecule has 1 saturated carbocycles. The summed E-state index contributed by atoms with van der Waals surface area (Å²) in [5, 5.41) is 0. The summed E-state index contributed by atoms with van der Waals surface area (Å²) < 4.78 is 0. The topological polar surface area (TPSA) is 20.3 Å². The average Bonchev–Trinajstić information content (AvgIpc) is 2.61. The zero-order valence-electron chi connectivity index (χ0n) is 8.13. The highest BCUT2D eigenvalue weighted by Gasteiger charge is 2.37. The van der Waals surface area contributed by atoms with Gasteiger partial charge in [0.15, 0.2) is 0 Å². The van der Waals surface area contributed by atoms with E-state index in [4.69, 9.17) is 0 Å². The Bertz CT molecular complexity index is 291. The van der Waals surface area contributed by atoms with Crippen LogP contribution in [-0.2, 0) is 4.79 Å². The molecule has 2 rings (SSSR count). The third-order valence-electron chi connectivity index (χ3n) is 3.43. The maximum atomic E-state index is 11.6. The largest absolute Gasteiger partial charge is 0.329 e. The second-order valence-corrected chi connectivity index (χ2v) is 4.52. The van der Waals surface area contributed by atoms with E-state index >= 15 is 0 Å².